The number of piperidine rings is 1. The number of nitrogens with one attached hydrogen (secondary N) is 1. The van der Waals surface area contributed by atoms with E-state index in [1.807, 2.05) is 0 Å². The summed E-state index contributed by atoms with van der Waals surface area (Å²) in [6.45, 7) is 1.50. The van der Waals surface area contributed by atoms with Crippen LogP contribution in [0.1, 0.15) is 19.3 Å². The summed E-state index contributed by atoms with van der Waals surface area (Å²) in [5.74, 6) is 0. The molecule has 0 aromatic carbocycles. The fourth-order valence-electron chi connectivity index (χ4n) is 2.04. The maximum atomic E-state index is 12.0. The fraction of sp³-hybridized carbons (Fsp3) is 1.00. The first-order valence-electron chi connectivity index (χ1n) is 6.55. The molecular formula is C10H24N4O4S2. The Bertz CT molecular complexity index is 497. The molecule has 10 heteroatoms. The van der Waals surface area contributed by atoms with Gasteiger partial charge in [0.05, 0.1) is 6.26 Å². The highest BCUT2D eigenvalue weighted by atomic mass is 32.2. The van der Waals surface area contributed by atoms with E-state index in [1.165, 1.54) is 15.7 Å². The predicted molar refractivity (Wildman–Crippen MR) is 77.8 cm³/mol. The minimum atomic E-state index is -3.53. The molecule has 0 amide bonds. The van der Waals surface area contributed by atoms with Gasteiger partial charge in [-0.3, -0.25) is 0 Å². The van der Waals surface area contributed by atoms with Crippen LogP contribution in [-0.2, 0) is 20.2 Å². The highest BCUT2D eigenvalue weighted by Gasteiger charge is 2.28. The van der Waals surface area contributed by atoms with Gasteiger partial charge in [-0.2, -0.15) is 17.4 Å². The van der Waals surface area contributed by atoms with E-state index in [0.717, 1.165) is 6.26 Å². The normalized spacial score (nSPS) is 19.6. The van der Waals surface area contributed by atoms with Crippen molar-refractivity contribution in [2.45, 2.75) is 25.3 Å². The average molecular weight is 328 g/mol. The van der Waals surface area contributed by atoms with Gasteiger partial charge in [-0.1, -0.05) is 0 Å². The van der Waals surface area contributed by atoms with Crippen molar-refractivity contribution in [1.29, 1.82) is 0 Å². The van der Waals surface area contributed by atoms with Crippen molar-refractivity contribution in [3.63, 3.8) is 0 Å². The Morgan fingerprint density at radius 2 is 1.80 bits per heavy atom. The molecule has 3 N–H and O–H groups in total. The van der Waals surface area contributed by atoms with Crippen LogP contribution in [-0.4, -0.2) is 71.0 Å². The molecule has 1 aliphatic rings. The quantitative estimate of drug-likeness (QED) is 0.592. The summed E-state index contributed by atoms with van der Waals surface area (Å²) in [5.41, 5.74) is 5.36. The van der Waals surface area contributed by atoms with Crippen molar-refractivity contribution >= 4 is 20.2 Å². The van der Waals surface area contributed by atoms with Crippen molar-refractivity contribution in [2.75, 3.05) is 39.5 Å². The highest BCUT2D eigenvalue weighted by Crippen LogP contribution is 2.14. The first-order valence-corrected chi connectivity index (χ1v) is 9.84. The lowest BCUT2D eigenvalue weighted by molar-refractivity contribution is 0.306. The zero-order chi connectivity index (χ0) is 15.4. The summed E-state index contributed by atoms with van der Waals surface area (Å²) in [6.07, 6.45) is 2.73. The third-order valence-corrected chi connectivity index (χ3v) is 6.26. The second-order valence-corrected chi connectivity index (χ2v) is 8.81. The topological polar surface area (TPSA) is 113 Å². The summed E-state index contributed by atoms with van der Waals surface area (Å²) >= 11 is 0. The van der Waals surface area contributed by atoms with Crippen LogP contribution in [0.2, 0.25) is 0 Å². The smallest absolute Gasteiger partial charge is 0.279 e. The van der Waals surface area contributed by atoms with Crippen LogP contribution < -0.4 is 10.5 Å². The molecule has 1 heterocycles. The van der Waals surface area contributed by atoms with E-state index in [-0.39, 0.29) is 6.04 Å². The molecule has 120 valence electrons. The predicted octanol–water partition coefficient (Wildman–Crippen LogP) is -1.47. The molecule has 0 aromatic rings. The molecule has 0 unspecified atom stereocenters. The van der Waals surface area contributed by atoms with Crippen LogP contribution in [0.4, 0.5) is 0 Å². The second kappa shape index (κ2) is 7.14. The summed E-state index contributed by atoms with van der Waals surface area (Å²) in [4.78, 5) is 0. The zero-order valence-corrected chi connectivity index (χ0v) is 13.6. The van der Waals surface area contributed by atoms with E-state index in [0.29, 0.717) is 45.4 Å². The molecule has 8 nitrogen and oxygen atoms in total. The lowest BCUT2D eigenvalue weighted by atomic mass is 10.1. The first kappa shape index (κ1) is 17.8. The summed E-state index contributed by atoms with van der Waals surface area (Å²) in [5, 5.41) is 0. The Morgan fingerprint density at radius 1 is 1.25 bits per heavy atom. The van der Waals surface area contributed by atoms with Gasteiger partial charge >= 0.3 is 0 Å². The third-order valence-electron chi connectivity index (χ3n) is 3.33. The van der Waals surface area contributed by atoms with E-state index >= 15 is 0 Å². The lowest BCUT2D eigenvalue weighted by Gasteiger charge is -2.31. The summed E-state index contributed by atoms with van der Waals surface area (Å²) in [7, 11) is -5.21. The number of nitrogens with zero attached hydrogens (tertiary/aromatic N) is 2. The molecule has 1 aliphatic heterocycles. The number of nitrogens with two attached hydrogens (primary N) is 1. The Morgan fingerprint density at radius 3 is 2.25 bits per heavy atom. The Hall–Kier alpha value is -0.260. The van der Waals surface area contributed by atoms with E-state index in [2.05, 4.69) is 4.72 Å². The molecule has 1 saturated heterocycles. The van der Waals surface area contributed by atoms with Crippen molar-refractivity contribution in [1.82, 2.24) is 13.3 Å². The minimum Gasteiger partial charge on any atom is -0.330 e. The Balaban J connectivity index is 2.51. The molecule has 0 bridgehead atoms. The van der Waals surface area contributed by atoms with Crippen LogP contribution in [0.5, 0.6) is 0 Å². The van der Waals surface area contributed by atoms with E-state index in [1.54, 1.807) is 0 Å². The maximum absolute atomic E-state index is 12.0. The molecule has 20 heavy (non-hydrogen) atoms. The number of rotatable bonds is 7. The van der Waals surface area contributed by atoms with E-state index in [9.17, 15) is 16.8 Å². The van der Waals surface area contributed by atoms with Crippen molar-refractivity contribution in [3.8, 4) is 0 Å². The van der Waals surface area contributed by atoms with Gasteiger partial charge in [-0.25, -0.2) is 12.7 Å². The summed E-state index contributed by atoms with van der Waals surface area (Å²) in [6, 6.07) is -0.224. The van der Waals surface area contributed by atoms with Crippen LogP contribution >= 0.6 is 0 Å². The van der Waals surface area contributed by atoms with Gasteiger partial charge in [-0.05, 0) is 25.8 Å². The van der Waals surface area contributed by atoms with Gasteiger partial charge < -0.3 is 5.73 Å². The Labute approximate surface area is 121 Å². The van der Waals surface area contributed by atoms with Gasteiger partial charge in [-0.15, -0.1) is 0 Å². The zero-order valence-electron chi connectivity index (χ0n) is 11.9. The molecule has 0 spiro atoms. The summed E-state index contributed by atoms with van der Waals surface area (Å²) < 4.78 is 52.0. The number of sulfonamides is 1. The van der Waals surface area contributed by atoms with E-state index in [4.69, 9.17) is 5.73 Å². The van der Waals surface area contributed by atoms with Crippen LogP contribution in [0, 0.1) is 0 Å². The van der Waals surface area contributed by atoms with Crippen molar-refractivity contribution in [2.24, 2.45) is 5.73 Å². The molecule has 1 fully saturated rings. The molecule has 0 atom stereocenters. The monoisotopic (exact) mass is 328 g/mol. The van der Waals surface area contributed by atoms with Crippen LogP contribution in [0.3, 0.4) is 0 Å². The SMILES string of the molecule is CN(CCCN)S(=O)(=O)NC1CCN(S(C)(=O)=O)CC1. The highest BCUT2D eigenvalue weighted by molar-refractivity contribution is 7.88. The molecular weight excluding hydrogens is 304 g/mol. The average Bonchev–Trinajstić information content (AvgIpc) is 2.34. The van der Waals surface area contributed by atoms with Gasteiger partial charge in [0.25, 0.3) is 10.2 Å². The molecule has 0 radical (unpaired) electrons. The standard InChI is InChI=1S/C10H24N4O4S2/c1-13(7-3-6-11)20(17,18)12-10-4-8-14(9-5-10)19(2,15)16/h10,12H,3-9,11H2,1-2H3. The Kier molecular flexibility index (Phi) is 6.35. The number of hydrogen-bond donors (Lipinski definition) is 2. The van der Waals surface area contributed by atoms with Gasteiger partial charge in [0.1, 0.15) is 0 Å². The van der Waals surface area contributed by atoms with Gasteiger partial charge in [0.2, 0.25) is 10.0 Å². The van der Waals surface area contributed by atoms with E-state index < -0.39 is 20.2 Å². The third kappa shape index (κ3) is 5.26. The van der Waals surface area contributed by atoms with Gasteiger partial charge in [0.15, 0.2) is 0 Å². The largest absolute Gasteiger partial charge is 0.330 e. The van der Waals surface area contributed by atoms with Crippen LogP contribution in [0.15, 0.2) is 0 Å². The van der Waals surface area contributed by atoms with Crippen LogP contribution in [0.25, 0.3) is 0 Å². The van der Waals surface area contributed by atoms with Crippen molar-refractivity contribution in [3.05, 3.63) is 0 Å². The maximum Gasteiger partial charge on any atom is 0.279 e. The number of hydrogen-bond acceptors (Lipinski definition) is 5. The van der Waals surface area contributed by atoms with Crippen molar-refractivity contribution < 1.29 is 16.8 Å². The molecule has 0 saturated carbocycles. The van der Waals surface area contributed by atoms with Gasteiger partial charge in [0, 0.05) is 32.7 Å². The molecule has 0 aromatic heterocycles. The minimum absolute atomic E-state index is 0.224. The first-order chi connectivity index (χ1) is 9.16. The molecule has 0 aliphatic carbocycles. The lowest BCUT2D eigenvalue weighted by Crippen LogP contribution is -2.49. The second-order valence-electron chi connectivity index (χ2n) is 5.02. The fourth-order valence-corrected chi connectivity index (χ4v) is 4.12. The molecule has 1 rings (SSSR count).